The van der Waals surface area contributed by atoms with Gasteiger partial charge in [0.2, 0.25) is 0 Å². The SMILES string of the molecule is Cn1c(=O)oc2cc(NC(=O)N3CCC4(CCOC4)C3)ccc21. The number of oxazole rings is 1. The van der Waals surface area contributed by atoms with Gasteiger partial charge in [-0.1, -0.05) is 0 Å². The normalized spacial score (nSPS) is 24.0. The first-order valence-corrected chi connectivity index (χ1v) is 7.80. The van der Waals surface area contributed by atoms with Crippen molar-refractivity contribution in [2.24, 2.45) is 12.5 Å². The van der Waals surface area contributed by atoms with Crippen molar-refractivity contribution in [3.05, 3.63) is 28.7 Å². The maximum absolute atomic E-state index is 12.4. The molecule has 1 spiro atoms. The Hall–Kier alpha value is -2.28. The molecule has 0 aliphatic carbocycles. The van der Waals surface area contributed by atoms with E-state index in [1.165, 1.54) is 4.57 Å². The third kappa shape index (κ3) is 2.41. The van der Waals surface area contributed by atoms with E-state index < -0.39 is 5.76 Å². The minimum absolute atomic E-state index is 0.119. The van der Waals surface area contributed by atoms with Crippen LogP contribution in [0.3, 0.4) is 0 Å². The largest absolute Gasteiger partial charge is 0.419 e. The second-order valence-electron chi connectivity index (χ2n) is 6.51. The van der Waals surface area contributed by atoms with Crippen LogP contribution in [-0.2, 0) is 11.8 Å². The van der Waals surface area contributed by atoms with Crippen LogP contribution in [0, 0.1) is 5.41 Å². The van der Waals surface area contributed by atoms with Gasteiger partial charge >= 0.3 is 11.8 Å². The average Bonchev–Trinajstić information content (AvgIpc) is 3.23. The fraction of sp³-hybridized carbons (Fsp3) is 0.500. The molecule has 2 aliphatic rings. The molecule has 7 nitrogen and oxygen atoms in total. The second-order valence-corrected chi connectivity index (χ2v) is 6.51. The Morgan fingerprint density at radius 2 is 2.22 bits per heavy atom. The van der Waals surface area contributed by atoms with Crippen LogP contribution >= 0.6 is 0 Å². The number of likely N-dealkylation sites (tertiary alicyclic amines) is 1. The van der Waals surface area contributed by atoms with E-state index in [0.717, 1.165) is 39.1 Å². The molecule has 23 heavy (non-hydrogen) atoms. The fourth-order valence-electron chi connectivity index (χ4n) is 3.49. The number of anilines is 1. The van der Waals surface area contributed by atoms with Gasteiger partial charge in [-0.2, -0.15) is 0 Å². The number of carbonyl (C=O) groups excluding carboxylic acids is 1. The first-order chi connectivity index (χ1) is 11.1. The van der Waals surface area contributed by atoms with Crippen molar-refractivity contribution in [3.63, 3.8) is 0 Å². The van der Waals surface area contributed by atoms with E-state index in [-0.39, 0.29) is 11.4 Å². The van der Waals surface area contributed by atoms with Gasteiger partial charge in [0.1, 0.15) is 0 Å². The lowest BCUT2D eigenvalue weighted by atomic mass is 9.87. The minimum atomic E-state index is -0.411. The number of aromatic nitrogens is 1. The molecule has 3 heterocycles. The van der Waals surface area contributed by atoms with E-state index in [4.69, 9.17) is 9.15 Å². The van der Waals surface area contributed by atoms with Crippen molar-refractivity contribution in [1.29, 1.82) is 0 Å². The first kappa shape index (κ1) is 14.3. The van der Waals surface area contributed by atoms with E-state index in [9.17, 15) is 9.59 Å². The molecule has 1 aromatic carbocycles. The number of ether oxygens (including phenoxy) is 1. The molecule has 1 atom stereocenters. The molecule has 0 radical (unpaired) electrons. The Morgan fingerprint density at radius 3 is 3.00 bits per heavy atom. The molecule has 2 aliphatic heterocycles. The molecule has 1 aromatic heterocycles. The third-order valence-corrected chi connectivity index (χ3v) is 4.95. The summed E-state index contributed by atoms with van der Waals surface area (Å²) < 4.78 is 12.1. The average molecular weight is 317 g/mol. The molecule has 2 amide bonds. The Bertz CT molecular complexity index is 816. The molecule has 2 fully saturated rings. The molecular weight excluding hydrogens is 298 g/mol. The zero-order chi connectivity index (χ0) is 16.0. The van der Waals surface area contributed by atoms with Crippen LogP contribution < -0.4 is 11.1 Å². The lowest BCUT2D eigenvalue weighted by Gasteiger charge is -2.22. The summed E-state index contributed by atoms with van der Waals surface area (Å²) >= 11 is 0. The number of benzene rings is 1. The molecule has 1 N–H and O–H groups in total. The first-order valence-electron chi connectivity index (χ1n) is 7.80. The van der Waals surface area contributed by atoms with Crippen LogP contribution in [0.2, 0.25) is 0 Å². The molecule has 7 heteroatoms. The summed E-state index contributed by atoms with van der Waals surface area (Å²) in [5, 5.41) is 2.89. The number of fused-ring (bicyclic) bond motifs is 1. The van der Waals surface area contributed by atoms with Gasteiger partial charge < -0.3 is 19.4 Å². The molecule has 2 saturated heterocycles. The van der Waals surface area contributed by atoms with Crippen LogP contribution in [0.4, 0.5) is 10.5 Å². The van der Waals surface area contributed by atoms with E-state index in [0.29, 0.717) is 16.8 Å². The molecule has 0 bridgehead atoms. The highest BCUT2D eigenvalue weighted by atomic mass is 16.5. The smallest absolute Gasteiger partial charge is 0.408 e. The molecule has 2 aromatic rings. The van der Waals surface area contributed by atoms with Crippen molar-refractivity contribution in [1.82, 2.24) is 9.47 Å². The number of nitrogens with one attached hydrogen (secondary N) is 1. The molecule has 122 valence electrons. The van der Waals surface area contributed by atoms with Gasteiger partial charge in [0.05, 0.1) is 12.1 Å². The number of urea groups is 1. The van der Waals surface area contributed by atoms with Crippen LogP contribution in [-0.4, -0.2) is 41.8 Å². The molecule has 1 unspecified atom stereocenters. The summed E-state index contributed by atoms with van der Waals surface area (Å²) in [6.45, 7) is 3.02. The summed E-state index contributed by atoms with van der Waals surface area (Å²) in [5.74, 6) is -0.411. The zero-order valence-corrected chi connectivity index (χ0v) is 13.0. The van der Waals surface area contributed by atoms with Crippen LogP contribution in [0.5, 0.6) is 0 Å². The van der Waals surface area contributed by atoms with Gasteiger partial charge in [-0.15, -0.1) is 0 Å². The lowest BCUT2D eigenvalue weighted by Crippen LogP contribution is -2.35. The van der Waals surface area contributed by atoms with Crippen molar-refractivity contribution in [3.8, 4) is 0 Å². The van der Waals surface area contributed by atoms with Crippen molar-refractivity contribution in [2.75, 3.05) is 31.6 Å². The third-order valence-electron chi connectivity index (χ3n) is 4.95. The Labute approximate surface area is 132 Å². The highest BCUT2D eigenvalue weighted by Gasteiger charge is 2.42. The van der Waals surface area contributed by atoms with Crippen molar-refractivity contribution in [2.45, 2.75) is 12.8 Å². The van der Waals surface area contributed by atoms with Crippen LogP contribution in [0.15, 0.2) is 27.4 Å². The van der Waals surface area contributed by atoms with Gasteiger partial charge in [-0.05, 0) is 25.0 Å². The number of hydrogen-bond acceptors (Lipinski definition) is 4. The zero-order valence-electron chi connectivity index (χ0n) is 13.0. The number of hydrogen-bond donors (Lipinski definition) is 1. The number of carbonyl (C=O) groups is 1. The van der Waals surface area contributed by atoms with Gasteiger partial charge in [-0.3, -0.25) is 4.57 Å². The van der Waals surface area contributed by atoms with E-state index >= 15 is 0 Å². The number of rotatable bonds is 1. The van der Waals surface area contributed by atoms with Crippen LogP contribution in [0.25, 0.3) is 11.1 Å². The Kier molecular flexibility index (Phi) is 3.19. The van der Waals surface area contributed by atoms with Gasteiger partial charge in [-0.25, -0.2) is 9.59 Å². The predicted molar refractivity (Wildman–Crippen MR) is 84.5 cm³/mol. The second kappa shape index (κ2) is 5.13. The summed E-state index contributed by atoms with van der Waals surface area (Å²) in [6.07, 6.45) is 2.02. The highest BCUT2D eigenvalue weighted by Crippen LogP contribution is 2.38. The summed E-state index contributed by atoms with van der Waals surface area (Å²) in [7, 11) is 1.65. The monoisotopic (exact) mass is 317 g/mol. The summed E-state index contributed by atoms with van der Waals surface area (Å²) in [6, 6.07) is 5.11. The van der Waals surface area contributed by atoms with Gasteiger partial charge in [0, 0.05) is 43.9 Å². The summed E-state index contributed by atoms with van der Waals surface area (Å²) in [5.41, 5.74) is 1.95. The number of amides is 2. The van der Waals surface area contributed by atoms with Gasteiger partial charge in [0.25, 0.3) is 0 Å². The number of nitrogens with zero attached hydrogens (tertiary/aromatic N) is 2. The van der Waals surface area contributed by atoms with Gasteiger partial charge in [0.15, 0.2) is 5.58 Å². The minimum Gasteiger partial charge on any atom is -0.408 e. The highest BCUT2D eigenvalue weighted by molar-refractivity contribution is 5.91. The summed E-state index contributed by atoms with van der Waals surface area (Å²) in [4.78, 5) is 25.8. The van der Waals surface area contributed by atoms with Crippen LogP contribution in [0.1, 0.15) is 12.8 Å². The topological polar surface area (TPSA) is 76.7 Å². The number of aryl methyl sites for hydroxylation is 1. The maximum atomic E-state index is 12.4. The Balaban J connectivity index is 1.49. The van der Waals surface area contributed by atoms with Crippen molar-refractivity contribution < 1.29 is 13.9 Å². The predicted octanol–water partition coefficient (Wildman–Crippen LogP) is 1.78. The molecular formula is C16H19N3O4. The molecule has 0 saturated carbocycles. The van der Waals surface area contributed by atoms with E-state index in [1.807, 2.05) is 4.90 Å². The quantitative estimate of drug-likeness (QED) is 0.870. The standard InChI is InChI=1S/C16H19N3O4/c1-18-12-3-2-11(8-13(12)23-15(18)21)17-14(20)19-6-4-16(9-19)5-7-22-10-16/h2-3,8H,4-7,9-10H2,1H3,(H,17,20). The maximum Gasteiger partial charge on any atom is 0.419 e. The van der Waals surface area contributed by atoms with E-state index in [1.54, 1.807) is 25.2 Å². The molecule has 4 rings (SSSR count). The fourth-order valence-corrected chi connectivity index (χ4v) is 3.49. The Morgan fingerprint density at radius 1 is 1.35 bits per heavy atom. The van der Waals surface area contributed by atoms with E-state index in [2.05, 4.69) is 5.32 Å². The lowest BCUT2D eigenvalue weighted by molar-refractivity contribution is 0.154. The van der Waals surface area contributed by atoms with Crippen molar-refractivity contribution >= 4 is 22.8 Å².